The summed E-state index contributed by atoms with van der Waals surface area (Å²) >= 11 is 0. The average Bonchev–Trinajstić information content (AvgIpc) is 2.34. The van der Waals surface area contributed by atoms with Crippen LogP contribution in [0.4, 0.5) is 0 Å². The highest BCUT2D eigenvalue weighted by atomic mass is 16.5. The second-order valence-electron chi connectivity index (χ2n) is 5.04. The third-order valence-corrected chi connectivity index (χ3v) is 3.04. The summed E-state index contributed by atoms with van der Waals surface area (Å²) in [5, 5.41) is 0. The lowest BCUT2D eigenvalue weighted by Crippen LogP contribution is -2.04. The molecule has 0 atom stereocenters. The van der Waals surface area contributed by atoms with E-state index in [0.717, 1.165) is 12.2 Å². The molecule has 0 saturated carbocycles. The summed E-state index contributed by atoms with van der Waals surface area (Å²) < 4.78 is 5.82. The van der Waals surface area contributed by atoms with Crippen LogP contribution in [-0.2, 0) is 4.79 Å². The van der Waals surface area contributed by atoms with Gasteiger partial charge in [0.25, 0.3) is 0 Å². The Hall–Kier alpha value is -1.31. The van der Waals surface area contributed by atoms with Gasteiger partial charge in [-0.2, -0.15) is 0 Å². The molecule has 0 heterocycles. The van der Waals surface area contributed by atoms with E-state index in [1.165, 1.54) is 11.1 Å². The summed E-state index contributed by atoms with van der Waals surface area (Å²) in [4.78, 5) is 11.2. The molecule has 0 aliphatic heterocycles. The largest absolute Gasteiger partial charge is 0.493 e. The number of ketones is 1. The predicted molar refractivity (Wildman–Crippen MR) is 75.3 cm³/mol. The average molecular weight is 248 g/mol. The van der Waals surface area contributed by atoms with Crippen LogP contribution in [0.15, 0.2) is 18.2 Å². The number of hydrogen-bond acceptors (Lipinski definition) is 2. The minimum atomic E-state index is 0.312. The van der Waals surface area contributed by atoms with Crippen LogP contribution < -0.4 is 4.74 Å². The SMILES string of the molecule is CCC(=O)CCCOc1cc(C)ccc1C(C)C. The Labute approximate surface area is 110 Å². The van der Waals surface area contributed by atoms with Gasteiger partial charge < -0.3 is 4.74 Å². The second-order valence-corrected chi connectivity index (χ2v) is 5.04. The van der Waals surface area contributed by atoms with Gasteiger partial charge >= 0.3 is 0 Å². The Morgan fingerprint density at radius 2 is 2.06 bits per heavy atom. The summed E-state index contributed by atoms with van der Waals surface area (Å²) in [6, 6.07) is 6.33. The number of carbonyl (C=O) groups is 1. The van der Waals surface area contributed by atoms with Crippen LogP contribution in [0.1, 0.15) is 57.1 Å². The highest BCUT2D eigenvalue weighted by Gasteiger charge is 2.08. The third-order valence-electron chi connectivity index (χ3n) is 3.04. The van der Waals surface area contributed by atoms with Gasteiger partial charge in [-0.1, -0.05) is 32.9 Å². The first-order chi connectivity index (χ1) is 8.54. The molecule has 0 amide bonds. The van der Waals surface area contributed by atoms with Gasteiger partial charge in [-0.25, -0.2) is 0 Å². The van der Waals surface area contributed by atoms with E-state index >= 15 is 0 Å². The standard InChI is InChI=1S/C16H24O2/c1-5-14(17)7-6-10-18-16-11-13(4)8-9-15(16)12(2)3/h8-9,11-12H,5-7,10H2,1-4H3. The van der Waals surface area contributed by atoms with Crippen molar-refractivity contribution in [1.29, 1.82) is 0 Å². The smallest absolute Gasteiger partial charge is 0.132 e. The molecular formula is C16H24O2. The Bertz CT molecular complexity index is 394. The molecule has 0 fully saturated rings. The highest BCUT2D eigenvalue weighted by Crippen LogP contribution is 2.27. The fourth-order valence-electron chi connectivity index (χ4n) is 1.87. The van der Waals surface area contributed by atoms with E-state index in [1.54, 1.807) is 0 Å². The van der Waals surface area contributed by atoms with Gasteiger partial charge in [0, 0.05) is 12.8 Å². The van der Waals surface area contributed by atoms with Crippen molar-refractivity contribution in [3.63, 3.8) is 0 Å². The Kier molecular flexibility index (Phi) is 5.90. The van der Waals surface area contributed by atoms with Gasteiger partial charge in [0.15, 0.2) is 0 Å². The molecule has 0 aromatic heterocycles. The first-order valence-corrected chi connectivity index (χ1v) is 6.79. The van der Waals surface area contributed by atoms with Crippen LogP contribution in [0.2, 0.25) is 0 Å². The van der Waals surface area contributed by atoms with Gasteiger partial charge in [0.1, 0.15) is 11.5 Å². The second kappa shape index (κ2) is 7.20. The highest BCUT2D eigenvalue weighted by molar-refractivity contribution is 5.77. The Morgan fingerprint density at radius 1 is 1.33 bits per heavy atom. The number of rotatable bonds is 7. The van der Waals surface area contributed by atoms with Crippen molar-refractivity contribution in [2.45, 2.75) is 52.9 Å². The van der Waals surface area contributed by atoms with E-state index in [2.05, 4.69) is 39.0 Å². The van der Waals surface area contributed by atoms with Gasteiger partial charge in [-0.3, -0.25) is 4.79 Å². The lowest BCUT2D eigenvalue weighted by Gasteiger charge is -2.14. The lowest BCUT2D eigenvalue weighted by atomic mass is 10.0. The summed E-state index contributed by atoms with van der Waals surface area (Å²) in [5.41, 5.74) is 2.45. The number of hydrogen-bond donors (Lipinski definition) is 0. The van der Waals surface area contributed by atoms with E-state index < -0.39 is 0 Å². The topological polar surface area (TPSA) is 26.3 Å². The number of ether oxygens (including phenoxy) is 1. The molecule has 0 aliphatic rings. The van der Waals surface area contributed by atoms with Crippen molar-refractivity contribution < 1.29 is 9.53 Å². The molecular weight excluding hydrogens is 224 g/mol. The van der Waals surface area contributed by atoms with Crippen LogP contribution in [0.3, 0.4) is 0 Å². The molecule has 0 aliphatic carbocycles. The van der Waals surface area contributed by atoms with Crippen LogP contribution in [0.5, 0.6) is 5.75 Å². The van der Waals surface area contributed by atoms with Gasteiger partial charge in [0.2, 0.25) is 0 Å². The van der Waals surface area contributed by atoms with Gasteiger partial charge in [0.05, 0.1) is 6.61 Å². The minimum Gasteiger partial charge on any atom is -0.493 e. The van der Waals surface area contributed by atoms with Crippen LogP contribution in [0.25, 0.3) is 0 Å². The van der Waals surface area contributed by atoms with Crippen LogP contribution in [-0.4, -0.2) is 12.4 Å². The molecule has 1 aromatic carbocycles. The Balaban J connectivity index is 2.55. The van der Waals surface area contributed by atoms with Crippen molar-refractivity contribution in [2.75, 3.05) is 6.61 Å². The fourth-order valence-corrected chi connectivity index (χ4v) is 1.87. The summed E-state index contributed by atoms with van der Waals surface area (Å²) in [5.74, 6) is 1.73. The van der Waals surface area contributed by atoms with E-state index in [-0.39, 0.29) is 0 Å². The van der Waals surface area contributed by atoms with Crippen molar-refractivity contribution in [3.8, 4) is 5.75 Å². The maximum atomic E-state index is 11.2. The molecule has 0 saturated heterocycles. The van der Waals surface area contributed by atoms with E-state index in [9.17, 15) is 4.79 Å². The number of Topliss-reactive ketones (excluding diaryl/α,β-unsaturated/α-hetero) is 1. The first kappa shape index (κ1) is 14.7. The predicted octanol–water partition coefficient (Wildman–Crippen LogP) is 4.26. The molecule has 1 rings (SSSR count). The quantitative estimate of drug-likeness (QED) is 0.674. The number of carbonyl (C=O) groups excluding carboxylic acids is 1. The normalized spacial score (nSPS) is 10.7. The van der Waals surface area contributed by atoms with E-state index in [0.29, 0.717) is 31.1 Å². The number of benzene rings is 1. The maximum Gasteiger partial charge on any atom is 0.132 e. The van der Waals surface area contributed by atoms with E-state index in [4.69, 9.17) is 4.74 Å². The summed E-state index contributed by atoms with van der Waals surface area (Å²) in [6.45, 7) is 8.92. The molecule has 100 valence electrons. The maximum absolute atomic E-state index is 11.2. The minimum absolute atomic E-state index is 0.312. The van der Waals surface area contributed by atoms with Crippen molar-refractivity contribution >= 4 is 5.78 Å². The zero-order valence-corrected chi connectivity index (χ0v) is 12.0. The van der Waals surface area contributed by atoms with E-state index in [1.807, 2.05) is 6.92 Å². The van der Waals surface area contributed by atoms with Gasteiger partial charge in [-0.05, 0) is 36.5 Å². The van der Waals surface area contributed by atoms with Gasteiger partial charge in [-0.15, -0.1) is 0 Å². The molecule has 2 nitrogen and oxygen atoms in total. The van der Waals surface area contributed by atoms with Crippen molar-refractivity contribution in [3.05, 3.63) is 29.3 Å². The zero-order valence-electron chi connectivity index (χ0n) is 12.0. The molecule has 0 N–H and O–H groups in total. The monoisotopic (exact) mass is 248 g/mol. The molecule has 0 bridgehead atoms. The summed E-state index contributed by atoms with van der Waals surface area (Å²) in [7, 11) is 0. The first-order valence-electron chi connectivity index (χ1n) is 6.79. The van der Waals surface area contributed by atoms with Crippen LogP contribution in [0, 0.1) is 6.92 Å². The van der Waals surface area contributed by atoms with Crippen LogP contribution >= 0.6 is 0 Å². The molecule has 18 heavy (non-hydrogen) atoms. The molecule has 0 unspecified atom stereocenters. The third kappa shape index (κ3) is 4.52. The fraction of sp³-hybridized carbons (Fsp3) is 0.562. The van der Waals surface area contributed by atoms with Crippen molar-refractivity contribution in [1.82, 2.24) is 0 Å². The van der Waals surface area contributed by atoms with Crippen molar-refractivity contribution in [2.24, 2.45) is 0 Å². The molecule has 1 aromatic rings. The zero-order chi connectivity index (χ0) is 13.5. The molecule has 0 radical (unpaired) electrons. The summed E-state index contributed by atoms with van der Waals surface area (Å²) in [6.07, 6.45) is 2.05. The molecule has 0 spiro atoms. The number of aryl methyl sites for hydroxylation is 1. The molecule has 2 heteroatoms. The lowest BCUT2D eigenvalue weighted by molar-refractivity contribution is -0.118. The Morgan fingerprint density at radius 3 is 2.67 bits per heavy atom.